The van der Waals surface area contributed by atoms with Crippen LogP contribution in [0.5, 0.6) is 0 Å². The number of aryl methyl sites for hydroxylation is 1. The van der Waals surface area contributed by atoms with Gasteiger partial charge in [-0.3, -0.25) is 0 Å². The van der Waals surface area contributed by atoms with Gasteiger partial charge in [0.15, 0.2) is 0 Å². The Morgan fingerprint density at radius 2 is 2.18 bits per heavy atom. The fourth-order valence-corrected chi connectivity index (χ4v) is 1.43. The van der Waals surface area contributed by atoms with Crippen LogP contribution in [-0.2, 0) is 11.2 Å². The Hall–Kier alpha value is -1.14. The second kappa shape index (κ2) is 6.56. The molecule has 0 aromatic carbocycles. The van der Waals surface area contributed by atoms with Gasteiger partial charge in [0.25, 0.3) is 6.43 Å². The van der Waals surface area contributed by atoms with Gasteiger partial charge >= 0.3 is 0 Å². The third kappa shape index (κ3) is 4.70. The summed E-state index contributed by atoms with van der Waals surface area (Å²) in [7, 11) is 0. The monoisotopic (exact) mass is 245 g/mol. The predicted molar refractivity (Wildman–Crippen MR) is 59.9 cm³/mol. The van der Waals surface area contributed by atoms with Gasteiger partial charge in [0, 0.05) is 29.9 Å². The molecule has 0 aliphatic heterocycles. The van der Waals surface area contributed by atoms with Crippen LogP contribution in [0.1, 0.15) is 30.0 Å². The van der Waals surface area contributed by atoms with Crippen molar-refractivity contribution < 1.29 is 13.5 Å². The van der Waals surface area contributed by atoms with Crippen LogP contribution in [0.2, 0.25) is 0 Å². The van der Waals surface area contributed by atoms with Gasteiger partial charge in [-0.05, 0) is 13.8 Å². The van der Waals surface area contributed by atoms with Gasteiger partial charge in [0.1, 0.15) is 12.4 Å². The molecule has 0 saturated heterocycles. The molecule has 1 heterocycles. The lowest BCUT2D eigenvalue weighted by molar-refractivity contribution is 0.0182. The van der Waals surface area contributed by atoms with E-state index in [4.69, 9.17) is 10.5 Å². The fraction of sp³-hybridized carbons (Fsp3) is 0.636. The van der Waals surface area contributed by atoms with E-state index in [0.29, 0.717) is 12.2 Å². The highest BCUT2D eigenvalue weighted by molar-refractivity contribution is 5.19. The molecule has 0 fully saturated rings. The molecule has 2 N–H and O–H groups in total. The average Bonchev–Trinajstić information content (AvgIpc) is 2.23. The van der Waals surface area contributed by atoms with Crippen molar-refractivity contribution in [3.8, 4) is 0 Å². The number of nitrogens with zero attached hydrogens (tertiary/aromatic N) is 2. The van der Waals surface area contributed by atoms with Gasteiger partial charge in [-0.1, -0.05) is 0 Å². The van der Waals surface area contributed by atoms with Crippen molar-refractivity contribution in [2.75, 3.05) is 13.2 Å². The van der Waals surface area contributed by atoms with Gasteiger partial charge in [-0.25, -0.2) is 18.7 Å². The molecule has 1 aromatic rings. The maximum atomic E-state index is 11.8. The maximum absolute atomic E-state index is 11.8. The Labute approximate surface area is 99.2 Å². The number of rotatable bonds is 6. The minimum Gasteiger partial charge on any atom is -0.375 e. The standard InChI is InChI=1S/C11H17F2N3O/c1-7(14)9-5-15-11(16-8(9)2)3-4-17-6-10(12)13/h5,7,10H,3-4,6,14H2,1-2H3. The minimum absolute atomic E-state index is 0.112. The summed E-state index contributed by atoms with van der Waals surface area (Å²) in [6.45, 7) is 3.36. The van der Waals surface area contributed by atoms with Crippen LogP contribution in [0.15, 0.2) is 6.20 Å². The Balaban J connectivity index is 2.47. The van der Waals surface area contributed by atoms with E-state index < -0.39 is 13.0 Å². The lowest BCUT2D eigenvalue weighted by Gasteiger charge is -2.09. The van der Waals surface area contributed by atoms with Gasteiger partial charge in [0.2, 0.25) is 0 Å². The van der Waals surface area contributed by atoms with Crippen molar-refractivity contribution >= 4 is 0 Å². The molecule has 96 valence electrons. The van der Waals surface area contributed by atoms with E-state index in [9.17, 15) is 8.78 Å². The third-order valence-electron chi connectivity index (χ3n) is 2.27. The Kier molecular flexibility index (Phi) is 5.37. The smallest absolute Gasteiger partial charge is 0.261 e. The summed E-state index contributed by atoms with van der Waals surface area (Å²) in [5.74, 6) is 0.584. The zero-order valence-corrected chi connectivity index (χ0v) is 9.99. The van der Waals surface area contributed by atoms with E-state index >= 15 is 0 Å². The largest absolute Gasteiger partial charge is 0.375 e. The maximum Gasteiger partial charge on any atom is 0.261 e. The Bertz CT molecular complexity index is 359. The van der Waals surface area contributed by atoms with Gasteiger partial charge in [-0.15, -0.1) is 0 Å². The summed E-state index contributed by atoms with van der Waals surface area (Å²) >= 11 is 0. The zero-order valence-electron chi connectivity index (χ0n) is 9.99. The number of halogens is 2. The normalized spacial score (nSPS) is 13.1. The first kappa shape index (κ1) is 13.9. The van der Waals surface area contributed by atoms with Gasteiger partial charge < -0.3 is 10.5 Å². The van der Waals surface area contributed by atoms with Crippen molar-refractivity contribution in [1.29, 1.82) is 0 Å². The molecule has 0 saturated carbocycles. The molecule has 1 atom stereocenters. The highest BCUT2D eigenvalue weighted by Crippen LogP contribution is 2.11. The highest BCUT2D eigenvalue weighted by Gasteiger charge is 2.07. The SMILES string of the molecule is Cc1nc(CCOCC(F)F)ncc1C(C)N. The fourth-order valence-electron chi connectivity index (χ4n) is 1.43. The van der Waals surface area contributed by atoms with Gasteiger partial charge in [-0.2, -0.15) is 0 Å². The first-order chi connectivity index (χ1) is 8.00. The molecule has 6 heteroatoms. The first-order valence-electron chi connectivity index (χ1n) is 5.44. The summed E-state index contributed by atoms with van der Waals surface area (Å²) in [5, 5.41) is 0. The second-order valence-corrected chi connectivity index (χ2v) is 3.83. The number of hydrogen-bond donors (Lipinski definition) is 1. The molecule has 17 heavy (non-hydrogen) atoms. The summed E-state index contributed by atoms with van der Waals surface area (Å²) in [4.78, 5) is 8.37. The van der Waals surface area contributed by atoms with Crippen LogP contribution in [0, 0.1) is 6.92 Å². The Morgan fingerprint density at radius 3 is 2.71 bits per heavy atom. The van der Waals surface area contributed by atoms with Crippen LogP contribution in [0.4, 0.5) is 8.78 Å². The molecule has 0 aliphatic rings. The number of alkyl halides is 2. The van der Waals surface area contributed by atoms with Crippen molar-refractivity contribution in [1.82, 2.24) is 9.97 Å². The van der Waals surface area contributed by atoms with E-state index in [2.05, 4.69) is 9.97 Å². The minimum atomic E-state index is -2.43. The lowest BCUT2D eigenvalue weighted by atomic mass is 10.1. The van der Waals surface area contributed by atoms with E-state index in [1.807, 2.05) is 13.8 Å². The quantitative estimate of drug-likeness (QED) is 0.774. The van der Waals surface area contributed by atoms with E-state index in [-0.39, 0.29) is 12.6 Å². The van der Waals surface area contributed by atoms with Crippen LogP contribution in [0.3, 0.4) is 0 Å². The van der Waals surface area contributed by atoms with Crippen molar-refractivity contribution in [2.45, 2.75) is 32.7 Å². The topological polar surface area (TPSA) is 61.0 Å². The second-order valence-electron chi connectivity index (χ2n) is 3.83. The van der Waals surface area contributed by atoms with E-state index in [1.165, 1.54) is 0 Å². The first-order valence-corrected chi connectivity index (χ1v) is 5.44. The molecular formula is C11H17F2N3O. The lowest BCUT2D eigenvalue weighted by Crippen LogP contribution is -2.12. The molecule has 1 aromatic heterocycles. The summed E-state index contributed by atoms with van der Waals surface area (Å²) in [6, 6.07) is -0.112. The number of ether oxygens (including phenoxy) is 1. The number of aromatic nitrogens is 2. The number of nitrogens with two attached hydrogens (primary N) is 1. The molecule has 0 spiro atoms. The Morgan fingerprint density at radius 1 is 1.47 bits per heavy atom. The summed E-state index contributed by atoms with van der Waals surface area (Å²) in [5.41, 5.74) is 7.44. The summed E-state index contributed by atoms with van der Waals surface area (Å²) in [6.07, 6.45) is -0.333. The van der Waals surface area contributed by atoms with Crippen molar-refractivity contribution in [2.24, 2.45) is 5.73 Å². The van der Waals surface area contributed by atoms with Crippen molar-refractivity contribution in [3.05, 3.63) is 23.3 Å². The third-order valence-corrected chi connectivity index (χ3v) is 2.27. The van der Waals surface area contributed by atoms with Gasteiger partial charge in [0.05, 0.1) is 6.61 Å². The molecule has 0 aliphatic carbocycles. The zero-order chi connectivity index (χ0) is 12.8. The number of hydrogen-bond acceptors (Lipinski definition) is 4. The predicted octanol–water partition coefficient (Wildman–Crippen LogP) is 1.63. The van der Waals surface area contributed by atoms with Crippen LogP contribution < -0.4 is 5.73 Å². The van der Waals surface area contributed by atoms with E-state index in [0.717, 1.165) is 11.3 Å². The molecule has 0 amide bonds. The van der Waals surface area contributed by atoms with Crippen LogP contribution in [-0.4, -0.2) is 29.6 Å². The van der Waals surface area contributed by atoms with Crippen LogP contribution in [0.25, 0.3) is 0 Å². The molecule has 4 nitrogen and oxygen atoms in total. The van der Waals surface area contributed by atoms with Crippen molar-refractivity contribution in [3.63, 3.8) is 0 Å². The highest BCUT2D eigenvalue weighted by atomic mass is 19.3. The van der Waals surface area contributed by atoms with Crippen LogP contribution >= 0.6 is 0 Å². The summed E-state index contributed by atoms with van der Waals surface area (Å²) < 4.78 is 28.4. The molecule has 1 rings (SSSR count). The van der Waals surface area contributed by atoms with E-state index in [1.54, 1.807) is 6.20 Å². The molecule has 0 radical (unpaired) electrons. The molecule has 0 bridgehead atoms. The molecular weight excluding hydrogens is 228 g/mol. The average molecular weight is 245 g/mol. The molecule has 1 unspecified atom stereocenters.